The standard InChI is InChI=1S/C24H32N4O3/c1-27(15-12-21-7-5-6-13-25-21)14-10-20-18-28(16-11-19(20)17-23(29)30)24(31)26-22-8-3-2-4-9-22/h2-9,13,19-20H,10-12,14-18H2,1H3,(H,26,31)(H,29,30)/t19-,20+/m0/s1. The van der Waals surface area contributed by atoms with E-state index in [0.29, 0.717) is 13.1 Å². The molecule has 3 rings (SSSR count). The minimum Gasteiger partial charge on any atom is -0.481 e. The number of para-hydroxylation sites is 1. The molecule has 1 aliphatic rings. The van der Waals surface area contributed by atoms with Gasteiger partial charge in [0.2, 0.25) is 0 Å². The van der Waals surface area contributed by atoms with Crippen molar-refractivity contribution in [1.29, 1.82) is 0 Å². The van der Waals surface area contributed by atoms with Crippen LogP contribution >= 0.6 is 0 Å². The summed E-state index contributed by atoms with van der Waals surface area (Å²) in [5, 5.41) is 12.3. The van der Waals surface area contributed by atoms with Crippen LogP contribution in [0.2, 0.25) is 0 Å². The summed E-state index contributed by atoms with van der Waals surface area (Å²) >= 11 is 0. The van der Waals surface area contributed by atoms with E-state index < -0.39 is 5.97 Å². The average molecular weight is 425 g/mol. The SMILES string of the molecule is CN(CCc1ccccn1)CC[C@@H]1CN(C(=O)Nc2ccccc2)CC[C@H]1CC(=O)O. The van der Waals surface area contributed by atoms with Gasteiger partial charge in [0.05, 0.1) is 0 Å². The number of carbonyl (C=O) groups is 2. The molecule has 2 aromatic rings. The van der Waals surface area contributed by atoms with Gasteiger partial charge in [0.15, 0.2) is 0 Å². The number of nitrogens with one attached hydrogen (secondary N) is 1. The first-order valence-electron chi connectivity index (χ1n) is 10.9. The number of carboxylic acid groups (broad SMARTS) is 1. The zero-order valence-electron chi connectivity index (χ0n) is 18.1. The number of likely N-dealkylation sites (tertiary alicyclic amines) is 1. The molecule has 166 valence electrons. The number of pyridine rings is 1. The fraction of sp³-hybridized carbons (Fsp3) is 0.458. The van der Waals surface area contributed by atoms with E-state index in [4.69, 9.17) is 0 Å². The second-order valence-corrected chi connectivity index (χ2v) is 8.31. The van der Waals surface area contributed by atoms with Crippen LogP contribution in [-0.2, 0) is 11.2 Å². The predicted molar refractivity (Wildman–Crippen MR) is 121 cm³/mol. The number of anilines is 1. The van der Waals surface area contributed by atoms with Gasteiger partial charge >= 0.3 is 12.0 Å². The van der Waals surface area contributed by atoms with E-state index in [-0.39, 0.29) is 24.3 Å². The van der Waals surface area contributed by atoms with Gasteiger partial charge in [-0.2, -0.15) is 0 Å². The number of carbonyl (C=O) groups excluding carboxylic acids is 1. The molecular weight excluding hydrogens is 392 g/mol. The first-order chi connectivity index (χ1) is 15.0. The molecule has 0 bridgehead atoms. The molecule has 1 fully saturated rings. The lowest BCUT2D eigenvalue weighted by Gasteiger charge is -2.38. The number of aliphatic carboxylic acids is 1. The minimum absolute atomic E-state index is 0.0995. The van der Waals surface area contributed by atoms with E-state index in [1.807, 2.05) is 59.6 Å². The van der Waals surface area contributed by atoms with Gasteiger partial charge in [-0.1, -0.05) is 24.3 Å². The molecule has 1 aliphatic heterocycles. The Morgan fingerprint density at radius 2 is 1.90 bits per heavy atom. The van der Waals surface area contributed by atoms with E-state index in [0.717, 1.165) is 43.7 Å². The molecule has 1 aromatic heterocycles. The maximum atomic E-state index is 12.7. The predicted octanol–water partition coefficient (Wildman–Crippen LogP) is 3.59. The molecule has 2 atom stereocenters. The van der Waals surface area contributed by atoms with Crippen molar-refractivity contribution in [1.82, 2.24) is 14.8 Å². The molecule has 0 aliphatic carbocycles. The van der Waals surface area contributed by atoms with Gasteiger partial charge < -0.3 is 20.2 Å². The molecule has 0 spiro atoms. The van der Waals surface area contributed by atoms with Crippen LogP contribution in [0.15, 0.2) is 54.7 Å². The third-order valence-corrected chi connectivity index (χ3v) is 6.00. The number of carboxylic acids is 1. The maximum absolute atomic E-state index is 12.7. The number of hydrogen-bond donors (Lipinski definition) is 2. The van der Waals surface area contributed by atoms with Crippen molar-refractivity contribution in [2.75, 3.05) is 38.5 Å². The summed E-state index contributed by atoms with van der Waals surface area (Å²) in [5.74, 6) is -0.494. The zero-order chi connectivity index (χ0) is 22.1. The summed E-state index contributed by atoms with van der Waals surface area (Å²) < 4.78 is 0. The quantitative estimate of drug-likeness (QED) is 0.643. The summed E-state index contributed by atoms with van der Waals surface area (Å²) in [6.07, 6.45) is 4.44. The van der Waals surface area contributed by atoms with Crippen LogP contribution in [0.1, 0.15) is 25.0 Å². The Morgan fingerprint density at radius 1 is 1.13 bits per heavy atom. The topological polar surface area (TPSA) is 85.8 Å². The maximum Gasteiger partial charge on any atom is 0.321 e. The number of rotatable bonds is 9. The van der Waals surface area contributed by atoms with E-state index in [9.17, 15) is 14.7 Å². The van der Waals surface area contributed by atoms with Crippen molar-refractivity contribution in [3.05, 3.63) is 60.4 Å². The van der Waals surface area contributed by atoms with Crippen LogP contribution in [0.25, 0.3) is 0 Å². The molecular formula is C24H32N4O3. The van der Waals surface area contributed by atoms with Crippen LogP contribution in [0.5, 0.6) is 0 Å². The number of aromatic nitrogens is 1. The average Bonchev–Trinajstić information content (AvgIpc) is 2.78. The van der Waals surface area contributed by atoms with Crippen molar-refractivity contribution < 1.29 is 14.7 Å². The Balaban J connectivity index is 1.53. The Kier molecular flexibility index (Phi) is 8.41. The van der Waals surface area contributed by atoms with Crippen molar-refractivity contribution in [2.45, 2.75) is 25.7 Å². The molecule has 2 amide bonds. The number of likely N-dealkylation sites (N-methyl/N-ethyl adjacent to an activating group) is 1. The van der Waals surface area contributed by atoms with Crippen LogP contribution < -0.4 is 5.32 Å². The highest BCUT2D eigenvalue weighted by atomic mass is 16.4. The van der Waals surface area contributed by atoms with E-state index in [2.05, 4.69) is 22.2 Å². The van der Waals surface area contributed by atoms with Crippen LogP contribution in [-0.4, -0.2) is 65.1 Å². The van der Waals surface area contributed by atoms with Gasteiger partial charge in [-0.15, -0.1) is 0 Å². The number of hydrogen-bond acceptors (Lipinski definition) is 4. The van der Waals surface area contributed by atoms with Gasteiger partial charge in [-0.25, -0.2) is 4.79 Å². The molecule has 0 saturated carbocycles. The van der Waals surface area contributed by atoms with E-state index >= 15 is 0 Å². The molecule has 2 N–H and O–H groups in total. The molecule has 2 heterocycles. The number of urea groups is 1. The largest absolute Gasteiger partial charge is 0.481 e. The van der Waals surface area contributed by atoms with Crippen LogP contribution in [0.3, 0.4) is 0 Å². The molecule has 1 aromatic carbocycles. The van der Waals surface area contributed by atoms with Gasteiger partial charge in [0.25, 0.3) is 0 Å². The summed E-state index contributed by atoms with van der Waals surface area (Å²) in [4.78, 5) is 32.5. The first kappa shape index (κ1) is 22.7. The minimum atomic E-state index is -0.763. The lowest BCUT2D eigenvalue weighted by molar-refractivity contribution is -0.139. The summed E-state index contributed by atoms with van der Waals surface area (Å²) in [7, 11) is 2.08. The van der Waals surface area contributed by atoms with Crippen LogP contribution in [0.4, 0.5) is 10.5 Å². The summed E-state index contributed by atoms with van der Waals surface area (Å²) in [5.41, 5.74) is 1.84. The Bertz CT molecular complexity index is 831. The fourth-order valence-corrected chi connectivity index (χ4v) is 4.16. The molecule has 0 unspecified atom stereocenters. The molecule has 31 heavy (non-hydrogen) atoms. The van der Waals surface area contributed by atoms with Crippen molar-refractivity contribution in [3.63, 3.8) is 0 Å². The number of nitrogens with zero attached hydrogens (tertiary/aromatic N) is 3. The van der Waals surface area contributed by atoms with Gasteiger partial charge in [0, 0.05) is 50.1 Å². The lowest BCUT2D eigenvalue weighted by Crippen LogP contribution is -2.46. The van der Waals surface area contributed by atoms with Gasteiger partial charge in [-0.05, 0) is 62.5 Å². The normalized spacial score (nSPS) is 18.7. The molecule has 7 heteroatoms. The third-order valence-electron chi connectivity index (χ3n) is 6.00. The zero-order valence-corrected chi connectivity index (χ0v) is 18.1. The molecule has 1 saturated heterocycles. The highest BCUT2D eigenvalue weighted by Gasteiger charge is 2.32. The van der Waals surface area contributed by atoms with Gasteiger partial charge in [-0.3, -0.25) is 9.78 Å². The van der Waals surface area contributed by atoms with E-state index in [1.165, 1.54) is 0 Å². The van der Waals surface area contributed by atoms with Crippen molar-refractivity contribution in [2.24, 2.45) is 11.8 Å². The smallest absolute Gasteiger partial charge is 0.321 e. The molecule has 7 nitrogen and oxygen atoms in total. The number of piperidine rings is 1. The Morgan fingerprint density at radius 3 is 2.61 bits per heavy atom. The lowest BCUT2D eigenvalue weighted by atomic mass is 9.81. The van der Waals surface area contributed by atoms with E-state index in [1.54, 1.807) is 0 Å². The highest BCUT2D eigenvalue weighted by Crippen LogP contribution is 2.30. The second-order valence-electron chi connectivity index (χ2n) is 8.31. The van der Waals surface area contributed by atoms with Gasteiger partial charge in [0.1, 0.15) is 0 Å². The van der Waals surface area contributed by atoms with Crippen molar-refractivity contribution >= 4 is 17.7 Å². The monoisotopic (exact) mass is 424 g/mol. The molecule has 0 radical (unpaired) electrons. The highest BCUT2D eigenvalue weighted by molar-refractivity contribution is 5.89. The number of amides is 2. The van der Waals surface area contributed by atoms with Crippen LogP contribution in [0, 0.1) is 11.8 Å². The number of benzene rings is 1. The van der Waals surface area contributed by atoms with Crippen molar-refractivity contribution in [3.8, 4) is 0 Å². The Hall–Kier alpha value is -2.93. The summed E-state index contributed by atoms with van der Waals surface area (Å²) in [6.45, 7) is 2.93. The second kappa shape index (κ2) is 11.5. The Labute approximate surface area is 184 Å². The first-order valence-corrected chi connectivity index (χ1v) is 10.9. The summed E-state index contributed by atoms with van der Waals surface area (Å²) in [6, 6.07) is 15.2. The third kappa shape index (κ3) is 7.36. The fourth-order valence-electron chi connectivity index (χ4n) is 4.16.